The van der Waals surface area contributed by atoms with Gasteiger partial charge >= 0.3 is 0 Å². The molecular formula is C30H32N2O3S2. The lowest BCUT2D eigenvalue weighted by Gasteiger charge is -2.21. The van der Waals surface area contributed by atoms with Crippen molar-refractivity contribution >= 4 is 46.3 Å². The molecule has 0 saturated heterocycles. The van der Waals surface area contributed by atoms with Crippen LogP contribution >= 0.6 is 23.5 Å². The van der Waals surface area contributed by atoms with Crippen LogP contribution in [0.5, 0.6) is 0 Å². The van der Waals surface area contributed by atoms with Crippen LogP contribution in [-0.4, -0.2) is 34.2 Å². The van der Waals surface area contributed by atoms with Gasteiger partial charge in [0.1, 0.15) is 5.52 Å². The summed E-state index contributed by atoms with van der Waals surface area (Å²) in [5, 5.41) is 3.05. The van der Waals surface area contributed by atoms with E-state index in [9.17, 15) is 9.59 Å². The Morgan fingerprint density at radius 1 is 0.811 bits per heavy atom. The second-order valence-corrected chi connectivity index (χ2v) is 11.1. The molecule has 1 heterocycles. The number of Topliss-reactive ketones (excluding diaryl/α,β-unsaturated/α-hetero) is 1. The molecule has 1 amide bonds. The smallest absolute Gasteiger partial charge is 0.266 e. The summed E-state index contributed by atoms with van der Waals surface area (Å²) >= 11 is 3.50. The van der Waals surface area contributed by atoms with Gasteiger partial charge in [0, 0.05) is 15.7 Å². The Labute approximate surface area is 226 Å². The minimum Gasteiger partial charge on any atom is -0.434 e. The third kappa shape index (κ3) is 7.98. The van der Waals surface area contributed by atoms with Gasteiger partial charge in [-0.3, -0.25) is 9.59 Å². The van der Waals surface area contributed by atoms with Gasteiger partial charge < -0.3 is 9.73 Å². The summed E-state index contributed by atoms with van der Waals surface area (Å²) in [6.45, 7) is 2.00. The van der Waals surface area contributed by atoms with Crippen LogP contribution in [0, 0.1) is 5.92 Å². The Morgan fingerprint density at radius 2 is 1.38 bits per heavy atom. The molecule has 1 atom stereocenters. The van der Waals surface area contributed by atoms with Gasteiger partial charge in [-0.05, 0) is 67.2 Å². The van der Waals surface area contributed by atoms with Crippen molar-refractivity contribution in [3.05, 3.63) is 90.8 Å². The van der Waals surface area contributed by atoms with E-state index in [1.807, 2.05) is 61.5 Å². The minimum atomic E-state index is -0.656. The molecule has 0 saturated carbocycles. The van der Waals surface area contributed by atoms with Crippen molar-refractivity contribution in [2.24, 2.45) is 5.92 Å². The van der Waals surface area contributed by atoms with Gasteiger partial charge in [0.15, 0.2) is 5.58 Å². The first-order chi connectivity index (χ1) is 18.1. The van der Waals surface area contributed by atoms with Crippen molar-refractivity contribution in [1.29, 1.82) is 0 Å². The fraction of sp³-hybridized carbons (Fsp3) is 0.300. The van der Waals surface area contributed by atoms with Crippen molar-refractivity contribution in [3.8, 4) is 0 Å². The molecule has 0 fully saturated rings. The third-order valence-electron chi connectivity index (χ3n) is 6.04. The summed E-state index contributed by atoms with van der Waals surface area (Å²) in [4.78, 5) is 33.5. The average molecular weight is 533 g/mol. The zero-order valence-corrected chi connectivity index (χ0v) is 22.6. The molecule has 0 aliphatic carbocycles. The molecule has 192 valence electrons. The maximum atomic E-state index is 13.5. The second kappa shape index (κ2) is 14.1. The first-order valence-corrected chi connectivity index (χ1v) is 14.7. The van der Waals surface area contributed by atoms with Crippen molar-refractivity contribution in [1.82, 2.24) is 10.3 Å². The Balaban J connectivity index is 1.42. The molecule has 1 N–H and O–H groups in total. The molecule has 5 nitrogen and oxygen atoms in total. The fourth-order valence-electron chi connectivity index (χ4n) is 4.05. The maximum Gasteiger partial charge on any atom is 0.266 e. The van der Waals surface area contributed by atoms with E-state index in [1.54, 1.807) is 29.6 Å². The predicted molar refractivity (Wildman–Crippen MR) is 152 cm³/mol. The lowest BCUT2D eigenvalue weighted by molar-refractivity contribution is -0.125. The average Bonchev–Trinajstić information content (AvgIpc) is 3.37. The molecule has 0 unspecified atom stereocenters. The second-order valence-electron chi connectivity index (χ2n) is 8.80. The molecule has 0 aliphatic rings. The van der Waals surface area contributed by atoms with Crippen LogP contribution in [0.25, 0.3) is 11.1 Å². The Bertz CT molecular complexity index is 1200. The highest BCUT2D eigenvalue weighted by Crippen LogP contribution is 2.25. The number of oxazole rings is 1. The van der Waals surface area contributed by atoms with E-state index < -0.39 is 6.04 Å². The third-order valence-corrected chi connectivity index (χ3v) is 8.13. The SMILES string of the molecule is CCC[C@H](NC(=O)C(CCSc1ccccc1)CCSc1ccccc1)C(=O)c1nc2ccccc2o1. The van der Waals surface area contributed by atoms with E-state index in [4.69, 9.17) is 4.42 Å². The lowest BCUT2D eigenvalue weighted by atomic mass is 10.00. The number of nitrogens with zero attached hydrogens (tertiary/aromatic N) is 1. The lowest BCUT2D eigenvalue weighted by Crippen LogP contribution is -2.44. The number of carbonyl (C=O) groups excluding carboxylic acids is 2. The molecule has 4 rings (SSSR count). The fourth-order valence-corrected chi connectivity index (χ4v) is 6.03. The molecule has 0 bridgehead atoms. The van der Waals surface area contributed by atoms with E-state index in [-0.39, 0.29) is 23.5 Å². The monoisotopic (exact) mass is 532 g/mol. The summed E-state index contributed by atoms with van der Waals surface area (Å²) in [7, 11) is 0. The van der Waals surface area contributed by atoms with Gasteiger partial charge in [-0.25, -0.2) is 4.98 Å². The number of aromatic nitrogens is 1. The number of hydrogen-bond donors (Lipinski definition) is 1. The summed E-state index contributed by atoms with van der Waals surface area (Å²) < 4.78 is 5.71. The standard InChI is InChI=1S/C30H32N2O3S2/c1-2-11-26(28(33)30-32-25-16-9-10-17-27(25)35-30)31-29(34)22(18-20-36-23-12-5-3-6-13-23)19-21-37-24-14-7-4-8-15-24/h3-10,12-17,22,26H,2,11,18-21H2,1H3,(H,31,34)/t26-/m0/s1. The van der Waals surface area contributed by atoms with Gasteiger partial charge in [0.2, 0.25) is 11.7 Å². The summed E-state index contributed by atoms with van der Waals surface area (Å²) in [6, 6.07) is 27.1. The number of carbonyl (C=O) groups is 2. The van der Waals surface area contributed by atoms with Crippen LogP contribution in [0.15, 0.2) is 99.1 Å². The highest BCUT2D eigenvalue weighted by atomic mass is 32.2. The summed E-state index contributed by atoms with van der Waals surface area (Å²) in [6.07, 6.45) is 2.76. The number of para-hydroxylation sites is 2. The minimum absolute atomic E-state index is 0.0516. The molecular weight excluding hydrogens is 500 g/mol. The van der Waals surface area contributed by atoms with E-state index in [0.717, 1.165) is 30.8 Å². The van der Waals surface area contributed by atoms with Gasteiger partial charge in [0.25, 0.3) is 5.89 Å². The molecule has 3 aromatic carbocycles. The van der Waals surface area contributed by atoms with Crippen LogP contribution in [0.2, 0.25) is 0 Å². The van der Waals surface area contributed by atoms with E-state index in [1.165, 1.54) is 9.79 Å². The van der Waals surface area contributed by atoms with Crippen LogP contribution in [0.4, 0.5) is 0 Å². The van der Waals surface area contributed by atoms with E-state index in [2.05, 4.69) is 34.6 Å². The Hall–Kier alpha value is -3.03. The van der Waals surface area contributed by atoms with Crippen LogP contribution in [-0.2, 0) is 4.79 Å². The van der Waals surface area contributed by atoms with E-state index in [0.29, 0.717) is 17.5 Å². The molecule has 1 aromatic heterocycles. The van der Waals surface area contributed by atoms with Gasteiger partial charge in [0.05, 0.1) is 6.04 Å². The molecule has 4 aromatic rings. The number of nitrogens with one attached hydrogen (secondary N) is 1. The van der Waals surface area contributed by atoms with Crippen molar-refractivity contribution in [3.63, 3.8) is 0 Å². The van der Waals surface area contributed by atoms with Gasteiger partial charge in [-0.15, -0.1) is 23.5 Å². The van der Waals surface area contributed by atoms with E-state index >= 15 is 0 Å². The molecule has 7 heteroatoms. The van der Waals surface area contributed by atoms with Gasteiger partial charge in [-0.1, -0.05) is 61.9 Å². The maximum absolute atomic E-state index is 13.5. The van der Waals surface area contributed by atoms with Crippen LogP contribution in [0.3, 0.4) is 0 Å². The normalized spacial score (nSPS) is 12.1. The largest absolute Gasteiger partial charge is 0.434 e. The highest BCUT2D eigenvalue weighted by molar-refractivity contribution is 7.99. The molecule has 0 radical (unpaired) electrons. The number of thioether (sulfide) groups is 2. The number of rotatable bonds is 14. The van der Waals surface area contributed by atoms with Crippen LogP contribution < -0.4 is 5.32 Å². The summed E-state index contributed by atoms with van der Waals surface area (Å²) in [5.41, 5.74) is 1.21. The first-order valence-electron chi connectivity index (χ1n) is 12.7. The molecule has 0 spiro atoms. The summed E-state index contributed by atoms with van der Waals surface area (Å²) in [5.74, 6) is 1.16. The van der Waals surface area contributed by atoms with Gasteiger partial charge in [-0.2, -0.15) is 0 Å². The highest BCUT2D eigenvalue weighted by Gasteiger charge is 2.28. The number of benzene rings is 3. The van der Waals surface area contributed by atoms with Crippen molar-refractivity contribution in [2.45, 2.75) is 48.4 Å². The van der Waals surface area contributed by atoms with Crippen molar-refractivity contribution in [2.75, 3.05) is 11.5 Å². The number of ketones is 1. The molecule has 0 aliphatic heterocycles. The molecule has 37 heavy (non-hydrogen) atoms. The number of hydrogen-bond acceptors (Lipinski definition) is 6. The Morgan fingerprint density at radius 3 is 1.95 bits per heavy atom. The zero-order chi connectivity index (χ0) is 25.9. The van der Waals surface area contributed by atoms with Crippen molar-refractivity contribution < 1.29 is 14.0 Å². The zero-order valence-electron chi connectivity index (χ0n) is 21.0. The quantitative estimate of drug-likeness (QED) is 0.136. The topological polar surface area (TPSA) is 72.2 Å². The number of fused-ring (bicyclic) bond motifs is 1. The Kier molecular flexibility index (Phi) is 10.3. The number of amides is 1. The van der Waals surface area contributed by atoms with Crippen LogP contribution in [0.1, 0.15) is 43.3 Å². The predicted octanol–water partition coefficient (Wildman–Crippen LogP) is 7.28. The first kappa shape index (κ1) is 27.0.